The fraction of sp³-hybridized carbons (Fsp3) is 0.263. The minimum Gasteiger partial charge on any atom is -0.465 e. The molecule has 0 bridgehead atoms. The Morgan fingerprint density at radius 2 is 1.96 bits per heavy atom. The quantitative estimate of drug-likeness (QED) is 0.351. The average molecular weight is 385 g/mol. The van der Waals surface area contributed by atoms with Crippen molar-refractivity contribution in [2.24, 2.45) is 0 Å². The lowest BCUT2D eigenvalue weighted by molar-refractivity contribution is 0.0601. The van der Waals surface area contributed by atoms with Gasteiger partial charge < -0.3 is 9.47 Å². The van der Waals surface area contributed by atoms with Crippen LogP contribution in [-0.2, 0) is 21.8 Å². The zero-order valence-electron chi connectivity index (χ0n) is 15.0. The van der Waals surface area contributed by atoms with Crippen LogP contribution in [0.3, 0.4) is 0 Å². The van der Waals surface area contributed by atoms with Crippen LogP contribution in [0.25, 0.3) is 10.9 Å². The van der Waals surface area contributed by atoms with Crippen molar-refractivity contribution >= 4 is 28.6 Å². The van der Waals surface area contributed by atoms with Crippen LogP contribution >= 0.6 is 11.8 Å². The van der Waals surface area contributed by atoms with Gasteiger partial charge in [0.15, 0.2) is 5.16 Å². The summed E-state index contributed by atoms with van der Waals surface area (Å²) in [4.78, 5) is 33.4. The highest BCUT2D eigenvalue weighted by Crippen LogP contribution is 2.22. The average Bonchev–Trinajstić information content (AvgIpc) is 2.71. The molecule has 2 heterocycles. The maximum atomic E-state index is 12.9. The molecule has 8 heteroatoms. The molecule has 1 aromatic carbocycles. The second kappa shape index (κ2) is 8.79. The normalized spacial score (nSPS) is 10.9. The number of rotatable bonds is 7. The van der Waals surface area contributed by atoms with Crippen LogP contribution in [0.2, 0.25) is 0 Å². The van der Waals surface area contributed by atoms with E-state index in [1.54, 1.807) is 42.3 Å². The molecule has 3 aromatic rings. The lowest BCUT2D eigenvalue weighted by Gasteiger charge is -2.13. The number of nitrogens with zero attached hydrogens (tertiary/aromatic N) is 3. The molecule has 0 aliphatic carbocycles. The number of ether oxygens (including phenoxy) is 2. The van der Waals surface area contributed by atoms with E-state index in [0.29, 0.717) is 40.5 Å². The number of benzene rings is 1. The molecule has 140 valence electrons. The van der Waals surface area contributed by atoms with Crippen molar-refractivity contribution in [2.75, 3.05) is 20.8 Å². The highest BCUT2D eigenvalue weighted by molar-refractivity contribution is 7.98. The van der Waals surface area contributed by atoms with Crippen LogP contribution in [0.15, 0.2) is 52.7 Å². The Kier molecular flexibility index (Phi) is 6.20. The van der Waals surface area contributed by atoms with Gasteiger partial charge in [0.2, 0.25) is 0 Å². The summed E-state index contributed by atoms with van der Waals surface area (Å²) < 4.78 is 11.5. The minimum absolute atomic E-state index is 0.161. The van der Waals surface area contributed by atoms with Gasteiger partial charge in [-0.15, -0.1) is 0 Å². The molecule has 0 amide bonds. The zero-order valence-corrected chi connectivity index (χ0v) is 15.9. The third kappa shape index (κ3) is 4.35. The van der Waals surface area contributed by atoms with Crippen LogP contribution in [0, 0.1) is 0 Å². The van der Waals surface area contributed by atoms with Crippen LogP contribution in [0.1, 0.15) is 15.9 Å². The molecule has 0 N–H and O–H groups in total. The minimum atomic E-state index is -0.465. The summed E-state index contributed by atoms with van der Waals surface area (Å²) in [6, 6.07) is 8.60. The Hall–Kier alpha value is -2.71. The van der Waals surface area contributed by atoms with E-state index in [4.69, 9.17) is 9.47 Å². The summed E-state index contributed by atoms with van der Waals surface area (Å²) in [5.41, 5.74) is 1.74. The number of thioether (sulfide) groups is 1. The summed E-state index contributed by atoms with van der Waals surface area (Å²) in [6.07, 6.45) is 3.45. The Morgan fingerprint density at radius 1 is 1.19 bits per heavy atom. The number of pyridine rings is 1. The third-order valence-electron chi connectivity index (χ3n) is 3.98. The van der Waals surface area contributed by atoms with Gasteiger partial charge in [0.05, 0.1) is 36.7 Å². The molecule has 27 heavy (non-hydrogen) atoms. The molecular formula is C19H19N3O4S. The molecule has 0 radical (unpaired) electrons. The summed E-state index contributed by atoms with van der Waals surface area (Å²) in [7, 11) is 2.91. The molecule has 0 saturated carbocycles. The molecule has 0 spiro atoms. The van der Waals surface area contributed by atoms with Crippen molar-refractivity contribution in [3.63, 3.8) is 0 Å². The Morgan fingerprint density at radius 3 is 2.67 bits per heavy atom. The highest BCUT2D eigenvalue weighted by Gasteiger charge is 2.14. The number of carbonyl (C=O) groups is 1. The number of methoxy groups -OCH3 is 2. The largest absolute Gasteiger partial charge is 0.465 e. The van der Waals surface area contributed by atoms with Gasteiger partial charge in [-0.1, -0.05) is 11.8 Å². The second-order valence-corrected chi connectivity index (χ2v) is 6.65. The Labute approximate surface area is 160 Å². The molecule has 7 nitrogen and oxygen atoms in total. The monoisotopic (exact) mass is 385 g/mol. The molecule has 2 aromatic heterocycles. The fourth-order valence-corrected chi connectivity index (χ4v) is 3.54. The van der Waals surface area contributed by atoms with E-state index < -0.39 is 5.97 Å². The zero-order chi connectivity index (χ0) is 19.2. The van der Waals surface area contributed by atoms with Gasteiger partial charge in [0.1, 0.15) is 0 Å². The smallest absolute Gasteiger partial charge is 0.337 e. The fourth-order valence-electron chi connectivity index (χ4n) is 2.56. The molecular weight excluding hydrogens is 366 g/mol. The predicted molar refractivity (Wildman–Crippen MR) is 103 cm³/mol. The SMILES string of the molecule is COCCn1c(SCc2ccncc2)nc2cc(C(=O)OC)ccc2c1=O. The first-order valence-corrected chi connectivity index (χ1v) is 9.26. The van der Waals surface area contributed by atoms with Crippen LogP contribution in [-0.4, -0.2) is 41.3 Å². The molecule has 0 fully saturated rings. The van der Waals surface area contributed by atoms with E-state index in [9.17, 15) is 9.59 Å². The lowest BCUT2D eigenvalue weighted by Crippen LogP contribution is -2.25. The van der Waals surface area contributed by atoms with Gasteiger partial charge >= 0.3 is 5.97 Å². The first kappa shape index (κ1) is 19.1. The van der Waals surface area contributed by atoms with Gasteiger partial charge in [-0.2, -0.15) is 0 Å². The van der Waals surface area contributed by atoms with E-state index in [-0.39, 0.29) is 5.56 Å². The molecule has 0 aliphatic rings. The van der Waals surface area contributed by atoms with E-state index in [2.05, 4.69) is 9.97 Å². The molecule has 0 saturated heterocycles. The van der Waals surface area contributed by atoms with Gasteiger partial charge in [-0.3, -0.25) is 14.3 Å². The van der Waals surface area contributed by atoms with Crippen molar-refractivity contribution in [3.8, 4) is 0 Å². The van der Waals surface area contributed by atoms with E-state index in [1.807, 2.05) is 12.1 Å². The van der Waals surface area contributed by atoms with E-state index in [1.165, 1.54) is 18.9 Å². The second-order valence-electron chi connectivity index (χ2n) is 5.71. The number of esters is 1. The van der Waals surface area contributed by atoms with Crippen molar-refractivity contribution in [1.82, 2.24) is 14.5 Å². The number of fused-ring (bicyclic) bond motifs is 1. The maximum Gasteiger partial charge on any atom is 0.337 e. The first-order chi connectivity index (χ1) is 13.1. The number of carbonyl (C=O) groups excluding carboxylic acids is 1. The molecule has 0 atom stereocenters. The summed E-state index contributed by atoms with van der Waals surface area (Å²) in [5, 5.41) is 1.02. The van der Waals surface area contributed by atoms with Gasteiger partial charge in [0, 0.05) is 25.3 Å². The van der Waals surface area contributed by atoms with Crippen LogP contribution in [0.5, 0.6) is 0 Å². The van der Waals surface area contributed by atoms with Gasteiger partial charge in [0.25, 0.3) is 5.56 Å². The van der Waals surface area contributed by atoms with Crippen molar-refractivity contribution in [2.45, 2.75) is 17.5 Å². The summed E-state index contributed by atoms with van der Waals surface area (Å²) >= 11 is 1.45. The summed E-state index contributed by atoms with van der Waals surface area (Å²) in [5.74, 6) is 0.178. The third-order valence-corrected chi connectivity index (χ3v) is 5.03. The highest BCUT2D eigenvalue weighted by atomic mass is 32.2. The lowest BCUT2D eigenvalue weighted by atomic mass is 10.1. The maximum absolute atomic E-state index is 12.9. The predicted octanol–water partition coefficient (Wildman–Crippen LogP) is 2.52. The molecule has 0 unspecified atom stereocenters. The van der Waals surface area contributed by atoms with Gasteiger partial charge in [-0.25, -0.2) is 9.78 Å². The number of aromatic nitrogens is 3. The number of hydrogen-bond acceptors (Lipinski definition) is 7. The Balaban J connectivity index is 2.04. The van der Waals surface area contributed by atoms with Crippen LogP contribution in [0.4, 0.5) is 0 Å². The molecule has 0 aliphatic heterocycles. The van der Waals surface area contributed by atoms with Crippen LogP contribution < -0.4 is 5.56 Å². The number of hydrogen-bond donors (Lipinski definition) is 0. The van der Waals surface area contributed by atoms with Crippen molar-refractivity contribution in [3.05, 3.63) is 64.2 Å². The van der Waals surface area contributed by atoms with Gasteiger partial charge in [-0.05, 0) is 35.9 Å². The van der Waals surface area contributed by atoms with Crippen molar-refractivity contribution < 1.29 is 14.3 Å². The Bertz CT molecular complexity index is 1010. The summed E-state index contributed by atoms with van der Waals surface area (Å²) in [6.45, 7) is 0.797. The van der Waals surface area contributed by atoms with E-state index >= 15 is 0 Å². The first-order valence-electron chi connectivity index (χ1n) is 8.27. The standard InChI is InChI=1S/C19H19N3O4S/c1-25-10-9-22-17(23)15-4-3-14(18(24)26-2)11-16(15)21-19(22)27-12-13-5-7-20-8-6-13/h3-8,11H,9-10,12H2,1-2H3. The van der Waals surface area contributed by atoms with Crippen molar-refractivity contribution in [1.29, 1.82) is 0 Å². The van der Waals surface area contributed by atoms with E-state index in [0.717, 1.165) is 5.56 Å². The molecule has 3 rings (SSSR count). The topological polar surface area (TPSA) is 83.3 Å².